The monoisotopic (exact) mass is 393 g/mol. The SMILES string of the molecule is COc1ccc([C@H](C)NC(=O)/C=C/c2cc(Cl)c(OC)c(OC)c2)cc1F. The van der Waals surface area contributed by atoms with E-state index in [2.05, 4.69) is 5.32 Å². The molecule has 0 saturated carbocycles. The van der Waals surface area contributed by atoms with Crippen molar-refractivity contribution in [3.8, 4) is 17.2 Å². The lowest BCUT2D eigenvalue weighted by Gasteiger charge is -2.14. The molecule has 0 saturated heterocycles. The van der Waals surface area contributed by atoms with E-state index in [-0.39, 0.29) is 17.7 Å². The van der Waals surface area contributed by atoms with Gasteiger partial charge in [-0.15, -0.1) is 0 Å². The Bertz CT molecular complexity index is 854. The zero-order chi connectivity index (χ0) is 20.0. The van der Waals surface area contributed by atoms with Crippen molar-refractivity contribution in [1.29, 1.82) is 0 Å². The molecule has 5 nitrogen and oxygen atoms in total. The minimum atomic E-state index is -0.480. The summed E-state index contributed by atoms with van der Waals surface area (Å²) >= 11 is 6.15. The normalized spacial score (nSPS) is 11.9. The van der Waals surface area contributed by atoms with Crippen molar-refractivity contribution in [2.45, 2.75) is 13.0 Å². The third-order valence-corrected chi connectivity index (χ3v) is 4.20. The van der Waals surface area contributed by atoms with E-state index in [1.54, 1.807) is 31.2 Å². The summed E-state index contributed by atoms with van der Waals surface area (Å²) in [5.74, 6) is 0.238. The highest BCUT2D eigenvalue weighted by Gasteiger charge is 2.12. The number of ether oxygens (including phenoxy) is 3. The number of carbonyl (C=O) groups is 1. The Kier molecular flexibility index (Phi) is 7.07. The molecule has 0 heterocycles. The number of amides is 1. The average molecular weight is 394 g/mol. The van der Waals surface area contributed by atoms with Crippen LogP contribution in [0.1, 0.15) is 24.1 Å². The summed E-state index contributed by atoms with van der Waals surface area (Å²) in [7, 11) is 4.40. The van der Waals surface area contributed by atoms with E-state index >= 15 is 0 Å². The van der Waals surface area contributed by atoms with Gasteiger partial charge >= 0.3 is 0 Å². The van der Waals surface area contributed by atoms with Crippen LogP contribution >= 0.6 is 11.6 Å². The van der Waals surface area contributed by atoms with Crippen molar-refractivity contribution >= 4 is 23.6 Å². The molecule has 0 aromatic heterocycles. The number of hydrogen-bond acceptors (Lipinski definition) is 4. The first kappa shape index (κ1) is 20.6. The van der Waals surface area contributed by atoms with E-state index in [1.165, 1.54) is 39.5 Å². The lowest BCUT2D eigenvalue weighted by molar-refractivity contribution is -0.117. The fraction of sp³-hybridized carbons (Fsp3) is 0.250. The molecule has 144 valence electrons. The first-order chi connectivity index (χ1) is 12.9. The van der Waals surface area contributed by atoms with Crippen LogP contribution in [-0.4, -0.2) is 27.2 Å². The van der Waals surface area contributed by atoms with Gasteiger partial charge in [0, 0.05) is 6.08 Å². The molecule has 0 aliphatic rings. The number of hydrogen-bond donors (Lipinski definition) is 1. The molecule has 1 N–H and O–H groups in total. The van der Waals surface area contributed by atoms with Gasteiger partial charge in [0.2, 0.25) is 5.91 Å². The Morgan fingerprint density at radius 3 is 2.41 bits per heavy atom. The average Bonchev–Trinajstić information content (AvgIpc) is 2.65. The van der Waals surface area contributed by atoms with Crippen LogP contribution in [0.2, 0.25) is 5.02 Å². The van der Waals surface area contributed by atoms with E-state index in [9.17, 15) is 9.18 Å². The Hall–Kier alpha value is -2.73. The zero-order valence-electron chi connectivity index (χ0n) is 15.5. The smallest absolute Gasteiger partial charge is 0.244 e. The lowest BCUT2D eigenvalue weighted by Crippen LogP contribution is -2.24. The van der Waals surface area contributed by atoms with Crippen molar-refractivity contribution < 1.29 is 23.4 Å². The maximum atomic E-state index is 13.8. The van der Waals surface area contributed by atoms with Gasteiger partial charge in [0.1, 0.15) is 0 Å². The van der Waals surface area contributed by atoms with Gasteiger partial charge in [-0.1, -0.05) is 17.7 Å². The van der Waals surface area contributed by atoms with Gasteiger partial charge in [0.15, 0.2) is 23.1 Å². The zero-order valence-corrected chi connectivity index (χ0v) is 16.3. The molecule has 0 aliphatic heterocycles. The maximum Gasteiger partial charge on any atom is 0.244 e. The molecule has 27 heavy (non-hydrogen) atoms. The quantitative estimate of drug-likeness (QED) is 0.708. The first-order valence-electron chi connectivity index (χ1n) is 8.13. The summed E-state index contributed by atoms with van der Waals surface area (Å²) < 4.78 is 29.1. The summed E-state index contributed by atoms with van der Waals surface area (Å²) in [6, 6.07) is 7.55. The maximum absolute atomic E-state index is 13.8. The van der Waals surface area contributed by atoms with Crippen molar-refractivity contribution in [2.24, 2.45) is 0 Å². The predicted octanol–water partition coefficient (Wildman–Crippen LogP) is 4.40. The van der Waals surface area contributed by atoms with Crippen LogP contribution in [-0.2, 0) is 4.79 Å². The number of benzene rings is 2. The molecule has 1 atom stereocenters. The highest BCUT2D eigenvalue weighted by atomic mass is 35.5. The summed E-state index contributed by atoms with van der Waals surface area (Å²) in [4.78, 5) is 12.2. The molecule has 0 fully saturated rings. The van der Waals surface area contributed by atoms with Gasteiger partial charge in [-0.25, -0.2) is 4.39 Å². The number of methoxy groups -OCH3 is 3. The fourth-order valence-corrected chi connectivity index (χ4v) is 2.80. The second-order valence-electron chi connectivity index (χ2n) is 5.70. The van der Waals surface area contributed by atoms with Crippen molar-refractivity contribution in [2.75, 3.05) is 21.3 Å². The molecule has 7 heteroatoms. The first-order valence-corrected chi connectivity index (χ1v) is 8.51. The van der Waals surface area contributed by atoms with E-state index in [0.717, 1.165) is 0 Å². The lowest BCUT2D eigenvalue weighted by atomic mass is 10.1. The van der Waals surface area contributed by atoms with Gasteiger partial charge in [-0.3, -0.25) is 4.79 Å². The van der Waals surface area contributed by atoms with Gasteiger partial charge in [-0.2, -0.15) is 0 Å². The van der Waals surface area contributed by atoms with Crippen LogP contribution in [0.4, 0.5) is 4.39 Å². The van der Waals surface area contributed by atoms with Crippen LogP contribution in [0.5, 0.6) is 17.2 Å². The van der Waals surface area contributed by atoms with Crippen molar-refractivity contribution in [1.82, 2.24) is 5.32 Å². The fourth-order valence-electron chi connectivity index (χ4n) is 2.50. The van der Waals surface area contributed by atoms with Gasteiger partial charge < -0.3 is 19.5 Å². The predicted molar refractivity (Wildman–Crippen MR) is 103 cm³/mol. The largest absolute Gasteiger partial charge is 0.494 e. The minimum Gasteiger partial charge on any atom is -0.494 e. The summed E-state index contributed by atoms with van der Waals surface area (Å²) in [6.07, 6.45) is 2.97. The second-order valence-corrected chi connectivity index (χ2v) is 6.10. The summed E-state index contributed by atoms with van der Waals surface area (Å²) in [5, 5.41) is 3.15. The third kappa shape index (κ3) is 5.14. The topological polar surface area (TPSA) is 56.8 Å². The van der Waals surface area contributed by atoms with Gasteiger partial charge in [0.05, 0.1) is 32.4 Å². The Balaban J connectivity index is 2.08. The second kappa shape index (κ2) is 9.28. The molecule has 0 spiro atoms. The van der Waals surface area contributed by atoms with Crippen LogP contribution in [0.25, 0.3) is 6.08 Å². The number of carbonyl (C=O) groups excluding carboxylic acids is 1. The molecule has 0 aliphatic carbocycles. The van der Waals surface area contributed by atoms with Crippen LogP contribution < -0.4 is 19.5 Å². The Labute approximate surface area is 162 Å². The number of nitrogens with one attached hydrogen (secondary N) is 1. The molecule has 0 bridgehead atoms. The summed E-state index contributed by atoms with van der Waals surface area (Å²) in [6.45, 7) is 1.76. The molecular weight excluding hydrogens is 373 g/mol. The Morgan fingerprint density at radius 1 is 1.11 bits per heavy atom. The molecule has 1 amide bonds. The minimum absolute atomic E-state index is 0.155. The van der Waals surface area contributed by atoms with Gasteiger partial charge in [-0.05, 0) is 48.4 Å². The highest BCUT2D eigenvalue weighted by molar-refractivity contribution is 6.32. The molecule has 2 rings (SSSR count). The molecule has 2 aromatic carbocycles. The molecule has 0 radical (unpaired) electrons. The van der Waals surface area contributed by atoms with Crippen LogP contribution in [0.15, 0.2) is 36.4 Å². The van der Waals surface area contributed by atoms with E-state index in [0.29, 0.717) is 27.6 Å². The number of halogens is 2. The van der Waals surface area contributed by atoms with Gasteiger partial charge in [0.25, 0.3) is 0 Å². The van der Waals surface area contributed by atoms with Crippen LogP contribution in [0, 0.1) is 5.82 Å². The van der Waals surface area contributed by atoms with Crippen molar-refractivity contribution in [3.63, 3.8) is 0 Å². The van der Waals surface area contributed by atoms with E-state index < -0.39 is 5.82 Å². The molecule has 2 aromatic rings. The highest BCUT2D eigenvalue weighted by Crippen LogP contribution is 2.36. The third-order valence-electron chi connectivity index (χ3n) is 3.92. The standard InChI is InChI=1S/C20H21ClFNO4/c1-12(14-6-7-17(25-2)16(22)11-14)23-19(24)8-5-13-9-15(21)20(27-4)18(10-13)26-3/h5-12H,1-4H3,(H,23,24)/b8-5+/t12-/m0/s1. The molecular formula is C20H21ClFNO4. The van der Waals surface area contributed by atoms with E-state index in [1.807, 2.05) is 0 Å². The Morgan fingerprint density at radius 2 is 1.81 bits per heavy atom. The van der Waals surface area contributed by atoms with Crippen molar-refractivity contribution in [3.05, 3.63) is 58.4 Å². The number of rotatable bonds is 7. The van der Waals surface area contributed by atoms with Crippen LogP contribution in [0.3, 0.4) is 0 Å². The summed E-state index contributed by atoms with van der Waals surface area (Å²) in [5.41, 5.74) is 1.31. The van der Waals surface area contributed by atoms with E-state index in [4.69, 9.17) is 25.8 Å². The molecule has 0 unspecified atom stereocenters.